The summed E-state index contributed by atoms with van der Waals surface area (Å²) in [4.78, 5) is 13.4. The lowest BCUT2D eigenvalue weighted by Gasteiger charge is -2.14. The Bertz CT molecular complexity index is 4850. The van der Waals surface area contributed by atoms with E-state index < -0.39 is 287 Å². The average molecular weight is 747 g/mol. The summed E-state index contributed by atoms with van der Waals surface area (Å²) >= 11 is 0. The van der Waals surface area contributed by atoms with Crippen molar-refractivity contribution in [3.05, 3.63) is 193 Å². The molecule has 0 spiro atoms. The fourth-order valence-corrected chi connectivity index (χ4v) is 6.16. The van der Waals surface area contributed by atoms with Gasteiger partial charge >= 0.3 is 0 Å². The van der Waals surface area contributed by atoms with Crippen molar-refractivity contribution in [3.63, 3.8) is 0 Å². The van der Waals surface area contributed by atoms with Gasteiger partial charge in [0.25, 0.3) is 0 Å². The molecule has 3 heterocycles. The van der Waals surface area contributed by atoms with Gasteiger partial charge in [-0.2, -0.15) is 0 Å². The van der Waals surface area contributed by atoms with Crippen LogP contribution in [0.1, 0.15) is 41.1 Å². The van der Waals surface area contributed by atoms with E-state index in [1.165, 1.54) is 0 Å². The Kier molecular flexibility index (Phi) is 3.24. The average Bonchev–Trinajstić information content (AvgIpc) is 1.53. The highest BCUT2D eigenvalue weighted by Gasteiger charge is 2.19. The first-order valence-corrected chi connectivity index (χ1v) is 16.3. The molecule has 0 saturated heterocycles. The Hall–Kier alpha value is -7.63. The zero-order chi connectivity index (χ0) is 63.1. The molecule has 0 atom stereocenters. The van der Waals surface area contributed by atoms with Gasteiger partial charge in [-0.1, -0.05) is 151 Å². The SMILES string of the molecule is [2H]c1c(-c2nc(-c3c([2H])c([2H])c([2H])c([2H])c3[2H])nc(-c3c([2H])c([2H])c4c(oc5c(-c6c([2H])c([2H])c([2H])c([2H])c6[2H])c([2H])c([2H])c([2H])c54)c3[2H])n2)cc(-n2c3c([2H])c([2H])c([2H])c([2H])c3c3c([2H])c([2H])c([2H])c([2H])c32)cc1-c1c([2H])c([2H])c([2H])c([2H])c1[2H]. The van der Waals surface area contributed by atoms with Crippen molar-refractivity contribution in [3.8, 4) is 62.1 Å². The van der Waals surface area contributed by atoms with Gasteiger partial charge in [-0.15, -0.1) is 0 Å². The van der Waals surface area contributed by atoms with Crippen LogP contribution >= 0.6 is 0 Å². The van der Waals surface area contributed by atoms with Gasteiger partial charge in [0.1, 0.15) is 11.2 Å². The predicted octanol–water partition coefficient (Wildman–Crippen LogP) is 13.2. The van der Waals surface area contributed by atoms with Crippen molar-refractivity contribution in [1.82, 2.24) is 19.5 Å². The lowest BCUT2D eigenvalue weighted by molar-refractivity contribution is 0.670. The zero-order valence-corrected chi connectivity index (χ0v) is 27.9. The first-order chi connectivity index (χ1) is 40.2. The highest BCUT2D eigenvalue weighted by Crippen LogP contribution is 2.39. The topological polar surface area (TPSA) is 56.7 Å². The van der Waals surface area contributed by atoms with Crippen LogP contribution in [-0.4, -0.2) is 19.5 Å². The number of hydrogen-bond donors (Lipinski definition) is 0. The molecule has 0 fully saturated rings. The number of nitrogens with zero attached hydrogens (tertiary/aromatic N) is 4. The maximum Gasteiger partial charge on any atom is 0.164 e. The van der Waals surface area contributed by atoms with E-state index in [4.69, 9.17) is 37.3 Å². The molecule has 11 rings (SSSR count). The van der Waals surface area contributed by atoms with E-state index in [0.29, 0.717) is 0 Å². The first-order valence-electron chi connectivity index (χ1n) is 31.3. The molecule has 0 aliphatic carbocycles. The quantitative estimate of drug-likeness (QED) is 0.170. The minimum atomic E-state index is -0.979. The molecular weight excluding hydrogens is 685 g/mol. The normalized spacial score (nSPS) is 19.1. The van der Waals surface area contributed by atoms with E-state index in [1.54, 1.807) is 0 Å². The molecule has 0 amide bonds. The Morgan fingerprint density at radius 2 is 0.929 bits per heavy atom. The van der Waals surface area contributed by atoms with Gasteiger partial charge in [0.15, 0.2) is 17.5 Å². The van der Waals surface area contributed by atoms with Gasteiger partial charge in [-0.25, -0.2) is 15.0 Å². The number of rotatable bonds is 6. The molecule has 0 unspecified atom stereocenters. The maximum absolute atomic E-state index is 9.89. The second-order valence-corrected chi connectivity index (χ2v) is 11.8. The van der Waals surface area contributed by atoms with E-state index in [-0.39, 0.29) is 0 Å². The third-order valence-corrected chi connectivity index (χ3v) is 8.55. The monoisotopic (exact) mass is 746 g/mol. The van der Waals surface area contributed by atoms with E-state index in [0.717, 1.165) is 16.7 Å². The molecular formula is C51H32N4O. The predicted molar refractivity (Wildman–Crippen MR) is 229 cm³/mol. The number of aromatic nitrogens is 4. The van der Waals surface area contributed by atoms with Crippen LogP contribution in [0, 0.1) is 0 Å². The molecule has 5 heteroatoms. The fraction of sp³-hybridized carbons (Fsp3) is 0. The molecule has 0 radical (unpaired) electrons. The number of hydrogen-bond acceptors (Lipinski definition) is 4. The fourth-order valence-electron chi connectivity index (χ4n) is 6.16. The minimum Gasteiger partial charge on any atom is -0.455 e. The summed E-state index contributed by atoms with van der Waals surface area (Å²) in [6.45, 7) is 0. The molecule has 5 nitrogen and oxygen atoms in total. The number of benzene rings is 8. The summed E-state index contributed by atoms with van der Waals surface area (Å²) in [6.07, 6.45) is 0. The standard InChI is InChI=1S/C51H32N4O/c1-4-15-33(16-5-1)37-29-38(31-39(30-37)55-45-25-12-10-21-41(45)42-22-11-13-26-46(42)55)51-53-49(35-19-8-3-9-20-35)52-50(54-51)36-27-28-43-44-24-14-23-40(34-17-6-2-7-18-34)48(44)56-47(43)32-36/h1-32H/i1D,2D,3D,4D,5D,6D,7D,8D,9D,10D,11D,12D,13D,14D,15D,16D,17D,18D,19D,20D,21D,22D,23D,24D,25D,26D,27D,28D,29D,32D. The second-order valence-electron chi connectivity index (χ2n) is 11.8. The van der Waals surface area contributed by atoms with Crippen LogP contribution in [0.5, 0.6) is 0 Å². The van der Waals surface area contributed by atoms with E-state index in [2.05, 4.69) is 15.0 Å². The number of fused-ring (bicyclic) bond motifs is 6. The van der Waals surface area contributed by atoms with Crippen LogP contribution in [0.3, 0.4) is 0 Å². The van der Waals surface area contributed by atoms with Crippen LogP contribution in [0.2, 0.25) is 0 Å². The van der Waals surface area contributed by atoms with Crippen LogP contribution in [-0.2, 0) is 0 Å². The minimum absolute atomic E-state index is 0.428. The van der Waals surface area contributed by atoms with Gasteiger partial charge in [-0.3, -0.25) is 0 Å². The van der Waals surface area contributed by atoms with Crippen LogP contribution in [0.4, 0.5) is 0 Å². The smallest absolute Gasteiger partial charge is 0.164 e. The van der Waals surface area contributed by atoms with Gasteiger partial charge in [0, 0.05) is 49.5 Å². The molecule has 0 bridgehead atoms. The third kappa shape index (κ3) is 5.37. The van der Waals surface area contributed by atoms with E-state index >= 15 is 0 Å². The molecule has 262 valence electrons. The summed E-state index contributed by atoms with van der Waals surface area (Å²) in [5.41, 5.74) is -7.53. The second kappa shape index (κ2) is 13.0. The molecule has 0 aliphatic heterocycles. The summed E-state index contributed by atoms with van der Waals surface area (Å²) in [5.74, 6) is -2.57. The molecule has 11 aromatic rings. The summed E-state index contributed by atoms with van der Waals surface area (Å²) in [6, 6.07) is -24.1. The van der Waals surface area contributed by atoms with Gasteiger partial charge < -0.3 is 8.98 Å². The molecule has 0 aliphatic rings. The van der Waals surface area contributed by atoms with Crippen LogP contribution < -0.4 is 0 Å². The third-order valence-electron chi connectivity index (χ3n) is 8.55. The van der Waals surface area contributed by atoms with Crippen LogP contribution in [0.15, 0.2) is 198 Å². The Morgan fingerprint density at radius 1 is 0.393 bits per heavy atom. The Balaban J connectivity index is 1.33. The van der Waals surface area contributed by atoms with Crippen molar-refractivity contribution in [1.29, 1.82) is 0 Å². The first kappa shape index (κ1) is 13.9. The number of furan rings is 1. The molecule has 0 N–H and O–H groups in total. The summed E-state index contributed by atoms with van der Waals surface area (Å²) < 4.78 is 273. The number of para-hydroxylation sites is 3. The molecule has 0 saturated carbocycles. The van der Waals surface area contributed by atoms with Crippen molar-refractivity contribution >= 4 is 43.7 Å². The van der Waals surface area contributed by atoms with E-state index in [1.807, 2.05) is 0 Å². The lowest BCUT2D eigenvalue weighted by atomic mass is 10.0. The molecule has 56 heavy (non-hydrogen) atoms. The highest BCUT2D eigenvalue weighted by atomic mass is 16.3. The van der Waals surface area contributed by atoms with Crippen molar-refractivity contribution in [2.45, 2.75) is 0 Å². The van der Waals surface area contributed by atoms with Crippen molar-refractivity contribution < 1.29 is 45.5 Å². The van der Waals surface area contributed by atoms with Crippen molar-refractivity contribution in [2.24, 2.45) is 0 Å². The van der Waals surface area contributed by atoms with Gasteiger partial charge in [0.2, 0.25) is 0 Å². The van der Waals surface area contributed by atoms with Crippen LogP contribution in [0.25, 0.3) is 106 Å². The zero-order valence-electron chi connectivity index (χ0n) is 57.9. The molecule has 3 aromatic heterocycles. The van der Waals surface area contributed by atoms with Gasteiger partial charge in [-0.05, 0) is 59.0 Å². The Labute approximate surface area is 365 Å². The van der Waals surface area contributed by atoms with E-state index in [9.17, 15) is 8.22 Å². The lowest BCUT2D eigenvalue weighted by Crippen LogP contribution is -2.01. The van der Waals surface area contributed by atoms with Gasteiger partial charge in [0.05, 0.1) is 52.2 Å². The summed E-state index contributed by atoms with van der Waals surface area (Å²) in [7, 11) is 0. The largest absolute Gasteiger partial charge is 0.455 e. The van der Waals surface area contributed by atoms with Crippen molar-refractivity contribution in [2.75, 3.05) is 0 Å². The maximum atomic E-state index is 9.89. The Morgan fingerprint density at radius 3 is 1.61 bits per heavy atom. The molecule has 8 aromatic carbocycles. The summed E-state index contributed by atoms with van der Waals surface area (Å²) in [5, 5.41) is -1.90. The highest BCUT2D eigenvalue weighted by molar-refractivity contribution is 6.11.